The molecule has 1 heterocycles. The van der Waals surface area contributed by atoms with Crippen molar-refractivity contribution in [1.82, 2.24) is 0 Å². The lowest BCUT2D eigenvalue weighted by molar-refractivity contribution is -0.119. The van der Waals surface area contributed by atoms with Crippen molar-refractivity contribution in [3.63, 3.8) is 0 Å². The summed E-state index contributed by atoms with van der Waals surface area (Å²) in [6.45, 7) is 5.55. The van der Waals surface area contributed by atoms with Gasteiger partial charge in [-0.1, -0.05) is 26.0 Å². The van der Waals surface area contributed by atoms with Gasteiger partial charge >= 0.3 is 5.63 Å². The van der Waals surface area contributed by atoms with E-state index in [1.807, 2.05) is 51.1 Å². The number of benzene rings is 2. The molecule has 3 rings (SSSR count). The van der Waals surface area contributed by atoms with Crippen molar-refractivity contribution in [3.8, 4) is 0 Å². The summed E-state index contributed by atoms with van der Waals surface area (Å²) in [6, 6.07) is 14.4. The van der Waals surface area contributed by atoms with E-state index in [-0.39, 0.29) is 17.7 Å². The van der Waals surface area contributed by atoms with Gasteiger partial charge in [-0.05, 0) is 55.2 Å². The molecule has 0 unspecified atom stereocenters. The molecule has 0 spiro atoms. The number of hydrogen-bond acceptors (Lipinski definition) is 4. The number of rotatable bonds is 7. The molecule has 0 aliphatic rings. The molecule has 0 saturated carbocycles. The summed E-state index contributed by atoms with van der Waals surface area (Å²) >= 11 is 0. The van der Waals surface area contributed by atoms with E-state index in [2.05, 4.69) is 10.6 Å². The summed E-state index contributed by atoms with van der Waals surface area (Å²) in [5.74, 6) is -0.168. The van der Waals surface area contributed by atoms with Gasteiger partial charge in [0.25, 0.3) is 0 Å². The first-order chi connectivity index (χ1) is 14.3. The van der Waals surface area contributed by atoms with Crippen LogP contribution in [0.15, 0.2) is 57.7 Å². The number of hydrogen-bond donors (Lipinski definition) is 2. The number of anilines is 2. The highest BCUT2D eigenvalue weighted by atomic mass is 16.4. The van der Waals surface area contributed by atoms with E-state index < -0.39 is 5.63 Å². The first-order valence-electron chi connectivity index (χ1n) is 10.1. The van der Waals surface area contributed by atoms with Crippen molar-refractivity contribution in [3.05, 3.63) is 70.1 Å². The Balaban J connectivity index is 1.51. The minimum atomic E-state index is -0.404. The van der Waals surface area contributed by atoms with Gasteiger partial charge in [0.15, 0.2) is 0 Å². The van der Waals surface area contributed by atoms with Crippen LogP contribution < -0.4 is 16.3 Å². The van der Waals surface area contributed by atoms with Crippen molar-refractivity contribution >= 4 is 34.2 Å². The maximum atomic E-state index is 12.3. The highest BCUT2D eigenvalue weighted by Crippen LogP contribution is 2.21. The molecule has 30 heavy (non-hydrogen) atoms. The predicted octanol–water partition coefficient (Wildman–Crippen LogP) is 4.66. The van der Waals surface area contributed by atoms with E-state index in [0.29, 0.717) is 24.1 Å². The first kappa shape index (κ1) is 21.3. The lowest BCUT2D eigenvalue weighted by Crippen LogP contribution is -2.17. The van der Waals surface area contributed by atoms with Crippen LogP contribution in [-0.2, 0) is 16.0 Å². The van der Waals surface area contributed by atoms with Gasteiger partial charge < -0.3 is 15.1 Å². The highest BCUT2D eigenvalue weighted by Gasteiger charge is 2.08. The molecular formula is C24H26N2O4. The molecule has 2 aromatic carbocycles. The summed E-state index contributed by atoms with van der Waals surface area (Å²) < 4.78 is 5.22. The second kappa shape index (κ2) is 9.39. The summed E-state index contributed by atoms with van der Waals surface area (Å²) in [7, 11) is 0. The van der Waals surface area contributed by atoms with E-state index in [1.54, 1.807) is 12.1 Å². The quantitative estimate of drug-likeness (QED) is 0.559. The van der Waals surface area contributed by atoms with Crippen LogP contribution in [0.5, 0.6) is 0 Å². The van der Waals surface area contributed by atoms with Gasteiger partial charge in [0.2, 0.25) is 11.8 Å². The summed E-state index contributed by atoms with van der Waals surface area (Å²) in [5.41, 5.74) is 3.38. The number of carbonyl (C=O) groups excluding carboxylic acids is 2. The van der Waals surface area contributed by atoms with Crippen LogP contribution in [0.3, 0.4) is 0 Å². The molecule has 6 heteroatoms. The third-order valence-corrected chi connectivity index (χ3v) is 4.85. The Hall–Kier alpha value is -3.41. The predicted molar refractivity (Wildman–Crippen MR) is 119 cm³/mol. The molecule has 156 valence electrons. The summed E-state index contributed by atoms with van der Waals surface area (Å²) in [6.07, 6.45) is 1.84. The Bertz CT molecular complexity index is 1110. The zero-order valence-electron chi connectivity index (χ0n) is 17.5. The Morgan fingerprint density at radius 1 is 0.967 bits per heavy atom. The van der Waals surface area contributed by atoms with E-state index >= 15 is 0 Å². The second-order valence-electron chi connectivity index (χ2n) is 7.70. The molecule has 6 nitrogen and oxygen atoms in total. The molecule has 0 saturated heterocycles. The SMILES string of the molecule is Cc1cc(=O)oc2cc(NC(=O)CCCc3ccc(NC(=O)C(C)C)cc3)ccc12. The monoisotopic (exact) mass is 406 g/mol. The van der Waals surface area contributed by atoms with Crippen LogP contribution >= 0.6 is 0 Å². The third-order valence-electron chi connectivity index (χ3n) is 4.85. The van der Waals surface area contributed by atoms with Crippen molar-refractivity contribution < 1.29 is 14.0 Å². The van der Waals surface area contributed by atoms with Crippen LogP contribution in [0.1, 0.15) is 37.8 Å². The Morgan fingerprint density at radius 3 is 2.37 bits per heavy atom. The van der Waals surface area contributed by atoms with Gasteiger partial charge in [-0.25, -0.2) is 4.79 Å². The first-order valence-corrected chi connectivity index (χ1v) is 10.1. The van der Waals surface area contributed by atoms with Crippen LogP contribution in [0.4, 0.5) is 11.4 Å². The smallest absolute Gasteiger partial charge is 0.336 e. The van der Waals surface area contributed by atoms with Crippen molar-refractivity contribution in [2.75, 3.05) is 10.6 Å². The fraction of sp³-hybridized carbons (Fsp3) is 0.292. The normalized spacial score (nSPS) is 10.9. The van der Waals surface area contributed by atoms with Gasteiger partial charge in [-0.2, -0.15) is 0 Å². The van der Waals surface area contributed by atoms with Crippen molar-refractivity contribution in [2.45, 2.75) is 40.0 Å². The van der Waals surface area contributed by atoms with Gasteiger partial charge in [0.1, 0.15) is 5.58 Å². The molecule has 0 fully saturated rings. The fourth-order valence-corrected chi connectivity index (χ4v) is 3.12. The lowest BCUT2D eigenvalue weighted by atomic mass is 10.1. The molecule has 0 aliphatic heterocycles. The standard InChI is InChI=1S/C24H26N2O4/c1-15(2)24(29)26-18-9-7-17(8-10-18)5-4-6-22(27)25-19-11-12-20-16(3)13-23(28)30-21(20)14-19/h7-15H,4-6H2,1-3H3,(H,25,27)(H,26,29). The Morgan fingerprint density at radius 2 is 1.67 bits per heavy atom. The minimum Gasteiger partial charge on any atom is -0.423 e. The topological polar surface area (TPSA) is 88.4 Å². The van der Waals surface area contributed by atoms with Gasteiger partial charge in [-0.15, -0.1) is 0 Å². The zero-order valence-corrected chi connectivity index (χ0v) is 17.5. The Labute approximate surface area is 175 Å². The van der Waals surface area contributed by atoms with E-state index in [9.17, 15) is 14.4 Å². The number of amides is 2. The van der Waals surface area contributed by atoms with Crippen molar-refractivity contribution in [2.24, 2.45) is 5.92 Å². The zero-order chi connectivity index (χ0) is 21.7. The van der Waals surface area contributed by atoms with Crippen LogP contribution in [0.2, 0.25) is 0 Å². The second-order valence-corrected chi connectivity index (χ2v) is 7.70. The van der Waals surface area contributed by atoms with Gasteiger partial charge in [0, 0.05) is 41.2 Å². The molecule has 0 atom stereocenters. The number of nitrogens with one attached hydrogen (secondary N) is 2. The maximum absolute atomic E-state index is 12.3. The van der Waals surface area contributed by atoms with Crippen LogP contribution in [0, 0.1) is 12.8 Å². The molecular weight excluding hydrogens is 380 g/mol. The number of carbonyl (C=O) groups is 2. The van der Waals surface area contributed by atoms with Gasteiger partial charge in [-0.3, -0.25) is 9.59 Å². The Kier molecular flexibility index (Phi) is 6.67. The summed E-state index contributed by atoms with van der Waals surface area (Å²) in [5, 5.41) is 6.56. The molecule has 0 bridgehead atoms. The van der Waals surface area contributed by atoms with Crippen LogP contribution in [0.25, 0.3) is 11.0 Å². The number of aryl methyl sites for hydroxylation is 2. The van der Waals surface area contributed by atoms with Crippen molar-refractivity contribution in [1.29, 1.82) is 0 Å². The average Bonchev–Trinajstić information content (AvgIpc) is 2.68. The molecule has 3 aromatic rings. The van der Waals surface area contributed by atoms with E-state index in [0.717, 1.165) is 28.6 Å². The molecule has 2 amide bonds. The number of fused-ring (bicyclic) bond motifs is 1. The van der Waals surface area contributed by atoms with Gasteiger partial charge in [0.05, 0.1) is 0 Å². The minimum absolute atomic E-state index is 0.0115. The summed E-state index contributed by atoms with van der Waals surface area (Å²) in [4.78, 5) is 35.5. The molecule has 0 radical (unpaired) electrons. The molecule has 0 aliphatic carbocycles. The molecule has 1 aromatic heterocycles. The lowest BCUT2D eigenvalue weighted by Gasteiger charge is -2.09. The van der Waals surface area contributed by atoms with E-state index in [1.165, 1.54) is 6.07 Å². The average molecular weight is 406 g/mol. The maximum Gasteiger partial charge on any atom is 0.336 e. The van der Waals surface area contributed by atoms with Crippen LogP contribution in [-0.4, -0.2) is 11.8 Å². The fourth-order valence-electron chi connectivity index (χ4n) is 3.12. The molecule has 2 N–H and O–H groups in total. The largest absolute Gasteiger partial charge is 0.423 e. The van der Waals surface area contributed by atoms with E-state index in [4.69, 9.17) is 4.42 Å². The highest BCUT2D eigenvalue weighted by molar-refractivity contribution is 5.93. The third kappa shape index (κ3) is 5.56.